The van der Waals surface area contributed by atoms with Crippen molar-refractivity contribution < 1.29 is 14.0 Å². The number of hydrogen-bond acceptors (Lipinski definition) is 2. The topological polar surface area (TPSA) is 49.4 Å². The summed E-state index contributed by atoms with van der Waals surface area (Å²) in [5, 5.41) is 2.94. The summed E-state index contributed by atoms with van der Waals surface area (Å²) in [6.07, 6.45) is 4.97. The first-order chi connectivity index (χ1) is 11.9. The first-order valence-electron chi connectivity index (χ1n) is 8.90. The van der Waals surface area contributed by atoms with Gasteiger partial charge >= 0.3 is 0 Å². The maximum Gasteiger partial charge on any atom is 0.245 e. The number of piperidine rings is 1. The molecule has 4 nitrogen and oxygen atoms in total. The molecule has 2 fully saturated rings. The Hall–Kier alpha value is -2.17. The van der Waals surface area contributed by atoms with Crippen LogP contribution >= 0.6 is 0 Å². The molecule has 1 aromatic carbocycles. The maximum absolute atomic E-state index is 13.8. The number of carbonyl (C=O) groups excluding carboxylic acids is 2. The number of benzene rings is 1. The van der Waals surface area contributed by atoms with Gasteiger partial charge in [-0.25, -0.2) is 4.39 Å². The molecule has 1 atom stereocenters. The second-order valence-electron chi connectivity index (χ2n) is 7.39. The summed E-state index contributed by atoms with van der Waals surface area (Å²) in [4.78, 5) is 25.9. The van der Waals surface area contributed by atoms with Gasteiger partial charge in [0, 0.05) is 24.6 Å². The predicted molar refractivity (Wildman–Crippen MR) is 94.1 cm³/mol. The van der Waals surface area contributed by atoms with Gasteiger partial charge in [0.25, 0.3) is 0 Å². The predicted octanol–water partition coefficient (Wildman–Crippen LogP) is 3.21. The molecule has 25 heavy (non-hydrogen) atoms. The molecule has 0 bridgehead atoms. The molecule has 1 aliphatic carbocycles. The van der Waals surface area contributed by atoms with E-state index in [1.165, 1.54) is 12.1 Å². The average Bonchev–Trinajstić information content (AvgIpc) is 2.59. The lowest BCUT2D eigenvalue weighted by molar-refractivity contribution is -0.139. The number of nitrogens with zero attached hydrogens (tertiary/aromatic N) is 1. The standard InChI is InChI=1S/C20H25FN2O2/c1-3-18(24)23-10-8-20(9-11-23)12-15(13-20)19(25)22-14(2)16-6-4-5-7-17(16)21/h3-7,14-15H,1,8-13H2,2H3,(H,22,25). The summed E-state index contributed by atoms with van der Waals surface area (Å²) >= 11 is 0. The van der Waals surface area contributed by atoms with E-state index in [9.17, 15) is 14.0 Å². The van der Waals surface area contributed by atoms with Crippen LogP contribution < -0.4 is 5.32 Å². The highest BCUT2D eigenvalue weighted by molar-refractivity contribution is 5.87. The molecule has 0 radical (unpaired) electrons. The van der Waals surface area contributed by atoms with E-state index in [1.807, 2.05) is 11.8 Å². The lowest BCUT2D eigenvalue weighted by Gasteiger charge is -2.51. The first-order valence-corrected chi connectivity index (χ1v) is 8.90. The summed E-state index contributed by atoms with van der Waals surface area (Å²) in [6, 6.07) is 6.20. The van der Waals surface area contributed by atoms with Crippen molar-refractivity contribution in [1.82, 2.24) is 10.2 Å². The van der Waals surface area contributed by atoms with Gasteiger partial charge in [-0.2, -0.15) is 0 Å². The van der Waals surface area contributed by atoms with Gasteiger partial charge in [0.1, 0.15) is 5.82 Å². The fourth-order valence-corrected chi connectivity index (χ4v) is 4.15. The van der Waals surface area contributed by atoms with Crippen LogP contribution in [0.5, 0.6) is 0 Å². The van der Waals surface area contributed by atoms with Crippen LogP contribution in [0, 0.1) is 17.2 Å². The number of hydrogen-bond donors (Lipinski definition) is 1. The summed E-state index contributed by atoms with van der Waals surface area (Å²) in [5.41, 5.74) is 0.711. The third-order valence-electron chi connectivity index (χ3n) is 5.77. The Morgan fingerprint density at radius 3 is 2.56 bits per heavy atom. The number of rotatable bonds is 4. The zero-order valence-electron chi connectivity index (χ0n) is 14.6. The van der Waals surface area contributed by atoms with Gasteiger partial charge in [0.15, 0.2) is 0 Å². The Labute approximate surface area is 148 Å². The highest BCUT2D eigenvalue weighted by Crippen LogP contribution is 2.52. The molecule has 3 rings (SSSR count). The lowest BCUT2D eigenvalue weighted by Crippen LogP contribution is -2.52. The van der Waals surface area contributed by atoms with Crippen LogP contribution in [0.25, 0.3) is 0 Å². The van der Waals surface area contributed by atoms with Crippen LogP contribution in [0.1, 0.15) is 44.2 Å². The molecule has 2 amide bonds. The highest BCUT2D eigenvalue weighted by Gasteiger charge is 2.48. The van der Waals surface area contributed by atoms with Crippen LogP contribution in [0.4, 0.5) is 4.39 Å². The molecule has 1 N–H and O–H groups in total. The van der Waals surface area contributed by atoms with Crippen molar-refractivity contribution in [3.63, 3.8) is 0 Å². The second kappa shape index (κ2) is 6.98. The van der Waals surface area contributed by atoms with E-state index in [0.717, 1.165) is 38.8 Å². The highest BCUT2D eigenvalue weighted by atomic mass is 19.1. The van der Waals surface area contributed by atoms with E-state index < -0.39 is 0 Å². The minimum atomic E-state index is -0.336. The van der Waals surface area contributed by atoms with Gasteiger partial charge in [-0.05, 0) is 50.2 Å². The largest absolute Gasteiger partial charge is 0.349 e. The van der Waals surface area contributed by atoms with Crippen LogP contribution in [0.15, 0.2) is 36.9 Å². The minimum absolute atomic E-state index is 0.00382. The molecule has 1 unspecified atom stereocenters. The van der Waals surface area contributed by atoms with Gasteiger partial charge in [-0.1, -0.05) is 24.8 Å². The Bertz CT molecular complexity index is 672. The Kier molecular flexibility index (Phi) is 4.93. The molecular formula is C20H25FN2O2. The van der Waals surface area contributed by atoms with Crippen molar-refractivity contribution in [3.8, 4) is 0 Å². The van der Waals surface area contributed by atoms with Crippen molar-refractivity contribution in [2.45, 2.75) is 38.6 Å². The van der Waals surface area contributed by atoms with Crippen LogP contribution in [-0.2, 0) is 9.59 Å². The Morgan fingerprint density at radius 1 is 1.32 bits per heavy atom. The lowest BCUT2D eigenvalue weighted by atomic mass is 9.57. The van der Waals surface area contributed by atoms with Gasteiger partial charge < -0.3 is 10.2 Å². The molecule has 1 saturated heterocycles. The quantitative estimate of drug-likeness (QED) is 0.853. The summed E-state index contributed by atoms with van der Waals surface area (Å²) in [6.45, 7) is 6.82. The SMILES string of the molecule is C=CC(=O)N1CCC2(CC1)CC(C(=O)NC(C)c1ccccc1F)C2. The van der Waals surface area contributed by atoms with E-state index in [1.54, 1.807) is 18.2 Å². The average molecular weight is 344 g/mol. The summed E-state index contributed by atoms with van der Waals surface area (Å²) in [7, 11) is 0. The van der Waals surface area contributed by atoms with E-state index in [-0.39, 0.29) is 35.0 Å². The van der Waals surface area contributed by atoms with Gasteiger partial charge in [0.05, 0.1) is 6.04 Å². The normalized spacial score (nSPS) is 20.6. The Balaban J connectivity index is 1.50. The molecule has 2 aliphatic rings. The van der Waals surface area contributed by atoms with Gasteiger partial charge in [-0.15, -0.1) is 0 Å². The molecule has 134 valence electrons. The van der Waals surface area contributed by atoms with E-state index in [0.29, 0.717) is 5.56 Å². The molecule has 0 aromatic heterocycles. The smallest absolute Gasteiger partial charge is 0.245 e. The molecule has 1 aromatic rings. The van der Waals surface area contributed by atoms with Crippen molar-refractivity contribution >= 4 is 11.8 Å². The third kappa shape index (κ3) is 3.60. The van der Waals surface area contributed by atoms with E-state index in [4.69, 9.17) is 0 Å². The summed E-state index contributed by atoms with van der Waals surface area (Å²) in [5.74, 6) is -0.302. The van der Waals surface area contributed by atoms with E-state index >= 15 is 0 Å². The van der Waals surface area contributed by atoms with Crippen LogP contribution in [0.3, 0.4) is 0 Å². The van der Waals surface area contributed by atoms with Crippen molar-refractivity contribution in [1.29, 1.82) is 0 Å². The fourth-order valence-electron chi connectivity index (χ4n) is 4.15. The monoisotopic (exact) mass is 344 g/mol. The first kappa shape index (κ1) is 17.6. The second-order valence-corrected chi connectivity index (χ2v) is 7.39. The zero-order valence-corrected chi connectivity index (χ0v) is 14.6. The van der Waals surface area contributed by atoms with Crippen molar-refractivity contribution in [2.24, 2.45) is 11.3 Å². The van der Waals surface area contributed by atoms with Crippen molar-refractivity contribution in [2.75, 3.05) is 13.1 Å². The number of carbonyl (C=O) groups is 2. The summed E-state index contributed by atoms with van der Waals surface area (Å²) < 4.78 is 13.8. The molecular weight excluding hydrogens is 319 g/mol. The zero-order chi connectivity index (χ0) is 18.0. The fraction of sp³-hybridized carbons (Fsp3) is 0.500. The number of halogens is 1. The van der Waals surface area contributed by atoms with Crippen LogP contribution in [-0.4, -0.2) is 29.8 Å². The van der Waals surface area contributed by atoms with E-state index in [2.05, 4.69) is 11.9 Å². The van der Waals surface area contributed by atoms with Crippen molar-refractivity contribution in [3.05, 3.63) is 48.3 Å². The molecule has 1 aliphatic heterocycles. The molecule has 1 spiro atoms. The number of likely N-dealkylation sites (tertiary alicyclic amines) is 1. The number of amides is 2. The Morgan fingerprint density at radius 2 is 1.96 bits per heavy atom. The molecule has 5 heteroatoms. The van der Waals surface area contributed by atoms with Crippen LogP contribution in [0.2, 0.25) is 0 Å². The third-order valence-corrected chi connectivity index (χ3v) is 5.77. The van der Waals surface area contributed by atoms with Gasteiger partial charge in [0.2, 0.25) is 11.8 Å². The molecule has 1 saturated carbocycles. The minimum Gasteiger partial charge on any atom is -0.349 e. The maximum atomic E-state index is 13.8. The molecule has 1 heterocycles. The number of nitrogens with one attached hydrogen (secondary N) is 1. The van der Waals surface area contributed by atoms with Gasteiger partial charge in [-0.3, -0.25) is 9.59 Å².